The molecule has 0 unspecified atom stereocenters. The van der Waals surface area contributed by atoms with Gasteiger partial charge in [0.05, 0.1) is 5.69 Å². The fourth-order valence-electron chi connectivity index (χ4n) is 1.27. The van der Waals surface area contributed by atoms with Crippen LogP contribution >= 0.6 is 15.9 Å². The molecule has 4 heteroatoms. The summed E-state index contributed by atoms with van der Waals surface area (Å²) in [5, 5.41) is 9.18. The normalized spacial score (nSPS) is 10.6. The highest BCUT2D eigenvalue weighted by Crippen LogP contribution is 2.12. The number of alkyl halides is 1. The summed E-state index contributed by atoms with van der Waals surface area (Å²) in [6.07, 6.45) is 0. The maximum Gasteiger partial charge on any atom is 0.151 e. The molecular formula is C10H16BrN3. The van der Waals surface area contributed by atoms with Crippen LogP contribution in [0.2, 0.25) is 0 Å². The van der Waals surface area contributed by atoms with Gasteiger partial charge in [-0.05, 0) is 32.9 Å². The molecule has 0 amide bonds. The molecule has 0 aliphatic carbocycles. The summed E-state index contributed by atoms with van der Waals surface area (Å²) >= 11 is 3.44. The number of aryl methyl sites for hydroxylation is 1. The van der Waals surface area contributed by atoms with Gasteiger partial charge in [0.1, 0.15) is 0 Å². The van der Waals surface area contributed by atoms with Gasteiger partial charge in [-0.15, -0.1) is 5.10 Å². The standard InChI is InChI=1S/C10H16BrN3/c1-8(2)14(7-6-11)10-5-4-9(3)12-13-10/h4-5,8H,6-7H2,1-3H3. The minimum absolute atomic E-state index is 0.449. The molecule has 1 aromatic heterocycles. The van der Waals surface area contributed by atoms with Crippen molar-refractivity contribution in [2.75, 3.05) is 16.8 Å². The number of halogens is 1. The molecule has 0 N–H and O–H groups in total. The zero-order chi connectivity index (χ0) is 10.6. The Morgan fingerprint density at radius 2 is 2.07 bits per heavy atom. The summed E-state index contributed by atoms with van der Waals surface area (Å²) in [6, 6.07) is 4.46. The second-order valence-electron chi connectivity index (χ2n) is 3.51. The highest BCUT2D eigenvalue weighted by Gasteiger charge is 2.10. The van der Waals surface area contributed by atoms with Crippen molar-refractivity contribution in [3.8, 4) is 0 Å². The van der Waals surface area contributed by atoms with Crippen molar-refractivity contribution in [1.29, 1.82) is 0 Å². The van der Waals surface area contributed by atoms with E-state index in [0.717, 1.165) is 23.4 Å². The van der Waals surface area contributed by atoms with E-state index >= 15 is 0 Å². The van der Waals surface area contributed by atoms with Crippen LogP contribution in [-0.4, -0.2) is 28.1 Å². The minimum atomic E-state index is 0.449. The first-order valence-electron chi connectivity index (χ1n) is 4.78. The number of nitrogens with zero attached hydrogens (tertiary/aromatic N) is 3. The summed E-state index contributed by atoms with van der Waals surface area (Å²) in [5.74, 6) is 0.949. The van der Waals surface area contributed by atoms with Crippen LogP contribution in [0.5, 0.6) is 0 Å². The third-order valence-corrected chi connectivity index (χ3v) is 2.38. The molecule has 0 spiro atoms. The Morgan fingerprint density at radius 3 is 2.50 bits per heavy atom. The van der Waals surface area contributed by atoms with E-state index in [4.69, 9.17) is 0 Å². The first-order valence-corrected chi connectivity index (χ1v) is 5.90. The second-order valence-corrected chi connectivity index (χ2v) is 4.30. The predicted molar refractivity (Wildman–Crippen MR) is 63.0 cm³/mol. The van der Waals surface area contributed by atoms with Gasteiger partial charge in [-0.25, -0.2) is 0 Å². The lowest BCUT2D eigenvalue weighted by atomic mass is 10.3. The zero-order valence-electron chi connectivity index (χ0n) is 8.87. The molecule has 1 heterocycles. The van der Waals surface area contributed by atoms with Crippen LogP contribution in [0.1, 0.15) is 19.5 Å². The van der Waals surface area contributed by atoms with Gasteiger partial charge in [-0.2, -0.15) is 5.10 Å². The summed E-state index contributed by atoms with van der Waals surface area (Å²) in [7, 11) is 0. The molecule has 0 aliphatic heterocycles. The van der Waals surface area contributed by atoms with Gasteiger partial charge in [0.15, 0.2) is 5.82 Å². The third-order valence-electron chi connectivity index (χ3n) is 2.03. The van der Waals surface area contributed by atoms with E-state index in [0.29, 0.717) is 6.04 Å². The summed E-state index contributed by atoms with van der Waals surface area (Å²) < 4.78 is 0. The number of hydrogen-bond acceptors (Lipinski definition) is 3. The largest absolute Gasteiger partial charge is 0.352 e. The SMILES string of the molecule is Cc1ccc(N(CCBr)C(C)C)nn1. The molecular weight excluding hydrogens is 242 g/mol. The molecule has 3 nitrogen and oxygen atoms in total. The van der Waals surface area contributed by atoms with Crippen molar-refractivity contribution >= 4 is 21.7 Å². The lowest BCUT2D eigenvalue weighted by Gasteiger charge is -2.26. The topological polar surface area (TPSA) is 29.0 Å². The molecule has 0 radical (unpaired) electrons. The van der Waals surface area contributed by atoms with Crippen LogP contribution in [-0.2, 0) is 0 Å². The number of hydrogen-bond donors (Lipinski definition) is 0. The van der Waals surface area contributed by atoms with Crippen LogP contribution in [0.4, 0.5) is 5.82 Å². The summed E-state index contributed by atoms with van der Waals surface area (Å²) in [6.45, 7) is 7.21. The quantitative estimate of drug-likeness (QED) is 0.776. The van der Waals surface area contributed by atoms with Crippen LogP contribution in [0.3, 0.4) is 0 Å². The van der Waals surface area contributed by atoms with Crippen molar-refractivity contribution in [1.82, 2.24) is 10.2 Å². The second kappa shape index (κ2) is 5.29. The van der Waals surface area contributed by atoms with Crippen molar-refractivity contribution in [3.63, 3.8) is 0 Å². The highest BCUT2D eigenvalue weighted by atomic mass is 79.9. The van der Waals surface area contributed by atoms with E-state index in [1.54, 1.807) is 0 Å². The summed E-state index contributed by atoms with van der Waals surface area (Å²) in [4.78, 5) is 2.22. The third kappa shape index (κ3) is 2.94. The lowest BCUT2D eigenvalue weighted by Crippen LogP contribution is -2.33. The minimum Gasteiger partial charge on any atom is -0.352 e. The van der Waals surface area contributed by atoms with Crippen LogP contribution in [0.25, 0.3) is 0 Å². The van der Waals surface area contributed by atoms with E-state index in [1.165, 1.54) is 0 Å². The number of aromatic nitrogens is 2. The van der Waals surface area contributed by atoms with Crippen molar-refractivity contribution < 1.29 is 0 Å². The number of rotatable bonds is 4. The Hall–Kier alpha value is -0.640. The smallest absolute Gasteiger partial charge is 0.151 e. The van der Waals surface area contributed by atoms with Gasteiger partial charge >= 0.3 is 0 Å². The summed E-state index contributed by atoms with van der Waals surface area (Å²) in [5.41, 5.74) is 0.955. The van der Waals surface area contributed by atoms with E-state index < -0.39 is 0 Å². The Balaban J connectivity index is 2.82. The monoisotopic (exact) mass is 257 g/mol. The van der Waals surface area contributed by atoms with Gasteiger partial charge in [0.25, 0.3) is 0 Å². The Morgan fingerprint density at radius 1 is 1.36 bits per heavy atom. The molecule has 0 aromatic carbocycles. The average Bonchev–Trinajstić information content (AvgIpc) is 2.15. The molecule has 1 aromatic rings. The average molecular weight is 258 g/mol. The van der Waals surface area contributed by atoms with Crippen LogP contribution in [0.15, 0.2) is 12.1 Å². The molecule has 0 saturated heterocycles. The van der Waals surface area contributed by atoms with E-state index in [1.807, 2.05) is 19.1 Å². The molecule has 0 fully saturated rings. The van der Waals surface area contributed by atoms with E-state index in [-0.39, 0.29) is 0 Å². The number of anilines is 1. The lowest BCUT2D eigenvalue weighted by molar-refractivity contribution is 0.689. The van der Waals surface area contributed by atoms with Gasteiger partial charge in [-0.1, -0.05) is 15.9 Å². The van der Waals surface area contributed by atoms with Crippen LogP contribution in [0, 0.1) is 6.92 Å². The van der Waals surface area contributed by atoms with Crippen LogP contribution < -0.4 is 4.90 Å². The maximum atomic E-state index is 4.17. The van der Waals surface area contributed by atoms with Gasteiger partial charge in [0.2, 0.25) is 0 Å². The molecule has 0 atom stereocenters. The van der Waals surface area contributed by atoms with E-state index in [9.17, 15) is 0 Å². The molecule has 0 bridgehead atoms. The maximum absolute atomic E-state index is 4.17. The highest BCUT2D eigenvalue weighted by molar-refractivity contribution is 9.09. The van der Waals surface area contributed by atoms with Gasteiger partial charge in [-0.3, -0.25) is 0 Å². The van der Waals surface area contributed by atoms with E-state index in [2.05, 4.69) is 44.9 Å². The van der Waals surface area contributed by atoms with Gasteiger partial charge in [0, 0.05) is 17.9 Å². The molecule has 0 aliphatic rings. The molecule has 14 heavy (non-hydrogen) atoms. The first-order chi connectivity index (χ1) is 6.65. The van der Waals surface area contributed by atoms with Crippen molar-refractivity contribution in [2.24, 2.45) is 0 Å². The molecule has 0 saturated carbocycles. The fourth-order valence-corrected chi connectivity index (χ4v) is 1.66. The zero-order valence-corrected chi connectivity index (χ0v) is 10.5. The Labute approximate surface area is 93.7 Å². The van der Waals surface area contributed by atoms with Crippen molar-refractivity contribution in [2.45, 2.75) is 26.8 Å². The molecule has 1 rings (SSSR count). The first kappa shape index (κ1) is 11.4. The Kier molecular flexibility index (Phi) is 4.32. The fraction of sp³-hybridized carbons (Fsp3) is 0.600. The predicted octanol–water partition coefficient (Wildman–Crippen LogP) is 2.39. The van der Waals surface area contributed by atoms with Crippen molar-refractivity contribution in [3.05, 3.63) is 17.8 Å². The molecule has 78 valence electrons. The Bertz CT molecular complexity index is 271. The van der Waals surface area contributed by atoms with Gasteiger partial charge < -0.3 is 4.90 Å².